The van der Waals surface area contributed by atoms with E-state index < -0.39 is 6.29 Å². The van der Waals surface area contributed by atoms with Crippen molar-refractivity contribution >= 4 is 27.4 Å². The second-order valence-electron chi connectivity index (χ2n) is 3.68. The molecule has 19 heavy (non-hydrogen) atoms. The number of nitrogens with zero attached hydrogens (tertiary/aromatic N) is 2. The first kappa shape index (κ1) is 12.1. The first-order valence-electron chi connectivity index (χ1n) is 5.16. The van der Waals surface area contributed by atoms with Gasteiger partial charge in [-0.15, -0.1) is 8.78 Å². The highest BCUT2D eigenvalue weighted by Gasteiger charge is 2.43. The molecule has 0 radical (unpaired) electrons. The topological polar surface area (TPSA) is 56.3 Å². The highest BCUT2D eigenvalue weighted by Crippen LogP contribution is 2.42. The fourth-order valence-electron chi connectivity index (χ4n) is 1.58. The average Bonchev–Trinajstić information content (AvgIpc) is 2.62. The molecule has 2 heterocycles. The van der Waals surface area contributed by atoms with Crippen molar-refractivity contribution in [3.05, 3.63) is 35.2 Å². The van der Waals surface area contributed by atoms with E-state index in [-0.39, 0.29) is 11.5 Å². The average molecular weight is 330 g/mol. The van der Waals surface area contributed by atoms with Gasteiger partial charge in [0.15, 0.2) is 11.5 Å². The lowest BCUT2D eigenvalue weighted by molar-refractivity contribution is -0.286. The predicted octanol–water partition coefficient (Wildman–Crippen LogP) is 3.30. The Balaban J connectivity index is 1.85. The van der Waals surface area contributed by atoms with E-state index in [9.17, 15) is 8.78 Å². The Bertz CT molecular complexity index is 639. The molecular weight excluding hydrogens is 324 g/mol. The summed E-state index contributed by atoms with van der Waals surface area (Å²) < 4.78 is 35.0. The Morgan fingerprint density at radius 1 is 1.11 bits per heavy atom. The van der Waals surface area contributed by atoms with Crippen molar-refractivity contribution in [2.45, 2.75) is 6.29 Å². The fraction of sp³-hybridized carbons (Fsp3) is 0.0909. The third-order valence-corrected chi connectivity index (χ3v) is 2.74. The smallest absolute Gasteiger partial charge is 0.395 e. The van der Waals surface area contributed by atoms with Crippen LogP contribution < -0.4 is 14.8 Å². The molecule has 3 rings (SSSR count). The van der Waals surface area contributed by atoms with E-state index in [1.807, 2.05) is 0 Å². The number of rotatable bonds is 2. The van der Waals surface area contributed by atoms with Crippen LogP contribution in [0.25, 0.3) is 0 Å². The molecule has 0 saturated carbocycles. The van der Waals surface area contributed by atoms with Gasteiger partial charge in [-0.2, -0.15) is 0 Å². The highest BCUT2D eigenvalue weighted by molar-refractivity contribution is 9.10. The van der Waals surface area contributed by atoms with Crippen LogP contribution in [-0.2, 0) is 0 Å². The number of aromatic nitrogens is 2. The molecule has 0 aliphatic carbocycles. The quantitative estimate of drug-likeness (QED) is 0.857. The first-order valence-corrected chi connectivity index (χ1v) is 5.96. The van der Waals surface area contributed by atoms with E-state index in [0.717, 1.165) is 0 Å². The van der Waals surface area contributed by atoms with Gasteiger partial charge in [-0.05, 0) is 28.1 Å². The molecule has 1 aromatic heterocycles. The number of hydrogen-bond acceptors (Lipinski definition) is 5. The molecule has 98 valence electrons. The third-order valence-electron chi connectivity index (χ3n) is 2.31. The Labute approximate surface area is 114 Å². The summed E-state index contributed by atoms with van der Waals surface area (Å²) in [7, 11) is 0. The first-order chi connectivity index (χ1) is 9.02. The normalized spacial score (nSPS) is 15.3. The van der Waals surface area contributed by atoms with Crippen molar-refractivity contribution in [1.82, 2.24) is 9.97 Å². The number of ether oxygens (including phenoxy) is 2. The monoisotopic (exact) mass is 329 g/mol. The van der Waals surface area contributed by atoms with E-state index in [1.165, 1.54) is 18.5 Å². The maximum Gasteiger partial charge on any atom is 0.586 e. The standard InChI is InChI=1S/C11H6BrF2N3O2/c12-9-4-10(16-5-15-9)17-6-1-2-7-8(3-6)19-11(13,14)18-7/h1-5H,(H,15,16,17). The van der Waals surface area contributed by atoms with E-state index in [4.69, 9.17) is 0 Å². The predicted molar refractivity (Wildman–Crippen MR) is 65.7 cm³/mol. The minimum Gasteiger partial charge on any atom is -0.395 e. The number of hydrogen-bond donors (Lipinski definition) is 1. The van der Waals surface area contributed by atoms with Crippen LogP contribution in [0.3, 0.4) is 0 Å². The SMILES string of the molecule is FC1(F)Oc2ccc(Nc3cc(Br)ncn3)cc2O1. The van der Waals surface area contributed by atoms with Gasteiger partial charge in [0.2, 0.25) is 0 Å². The van der Waals surface area contributed by atoms with Gasteiger partial charge >= 0.3 is 6.29 Å². The summed E-state index contributed by atoms with van der Waals surface area (Å²) in [6.45, 7) is 0. The van der Waals surface area contributed by atoms with E-state index >= 15 is 0 Å². The molecule has 0 atom stereocenters. The second kappa shape index (κ2) is 4.30. The van der Waals surface area contributed by atoms with Gasteiger partial charge in [-0.1, -0.05) is 0 Å². The zero-order chi connectivity index (χ0) is 13.5. The molecule has 1 aromatic carbocycles. The van der Waals surface area contributed by atoms with Crippen LogP contribution in [0, 0.1) is 0 Å². The lowest BCUT2D eigenvalue weighted by atomic mass is 10.3. The lowest BCUT2D eigenvalue weighted by Crippen LogP contribution is -2.25. The zero-order valence-corrected chi connectivity index (χ0v) is 10.8. The van der Waals surface area contributed by atoms with Gasteiger partial charge in [0, 0.05) is 17.8 Å². The number of anilines is 2. The second-order valence-corrected chi connectivity index (χ2v) is 4.49. The van der Waals surface area contributed by atoms with Gasteiger partial charge in [0.05, 0.1) is 0 Å². The van der Waals surface area contributed by atoms with Crippen molar-refractivity contribution in [2.24, 2.45) is 0 Å². The molecule has 1 aliphatic rings. The van der Waals surface area contributed by atoms with Gasteiger partial charge in [0.1, 0.15) is 16.7 Å². The number of halogens is 3. The Morgan fingerprint density at radius 3 is 2.68 bits per heavy atom. The number of nitrogens with one attached hydrogen (secondary N) is 1. The third kappa shape index (κ3) is 2.58. The molecule has 2 aromatic rings. The van der Waals surface area contributed by atoms with Gasteiger partial charge in [0.25, 0.3) is 0 Å². The Kier molecular flexibility index (Phi) is 2.74. The molecule has 0 spiro atoms. The minimum absolute atomic E-state index is 0.000539. The van der Waals surface area contributed by atoms with Gasteiger partial charge in [-0.25, -0.2) is 9.97 Å². The molecule has 1 aliphatic heterocycles. The molecule has 0 unspecified atom stereocenters. The maximum atomic E-state index is 12.9. The van der Waals surface area contributed by atoms with E-state index in [2.05, 4.69) is 40.7 Å². The summed E-state index contributed by atoms with van der Waals surface area (Å²) >= 11 is 3.21. The van der Waals surface area contributed by atoms with Crippen LogP contribution in [0.2, 0.25) is 0 Å². The van der Waals surface area contributed by atoms with E-state index in [0.29, 0.717) is 16.1 Å². The highest BCUT2D eigenvalue weighted by atomic mass is 79.9. The van der Waals surface area contributed by atoms with Crippen LogP contribution in [0.4, 0.5) is 20.3 Å². The summed E-state index contributed by atoms with van der Waals surface area (Å²) in [4.78, 5) is 7.86. The van der Waals surface area contributed by atoms with Gasteiger partial charge < -0.3 is 14.8 Å². The molecule has 8 heteroatoms. The molecule has 0 saturated heterocycles. The van der Waals surface area contributed by atoms with Gasteiger partial charge in [-0.3, -0.25) is 0 Å². The molecule has 5 nitrogen and oxygen atoms in total. The summed E-state index contributed by atoms with van der Waals surface area (Å²) in [5, 5.41) is 2.94. The van der Waals surface area contributed by atoms with Crippen molar-refractivity contribution in [3.63, 3.8) is 0 Å². The van der Waals surface area contributed by atoms with Crippen LogP contribution in [0.1, 0.15) is 0 Å². The summed E-state index contributed by atoms with van der Waals surface area (Å²) in [6, 6.07) is 6.04. The lowest BCUT2D eigenvalue weighted by Gasteiger charge is -2.06. The molecule has 1 N–H and O–H groups in total. The summed E-state index contributed by atoms with van der Waals surface area (Å²) in [5.74, 6) is 0.495. The van der Waals surface area contributed by atoms with Crippen LogP contribution in [0.5, 0.6) is 11.5 Å². The molecule has 0 amide bonds. The number of alkyl halides is 2. The summed E-state index contributed by atoms with van der Waals surface area (Å²) in [5.41, 5.74) is 0.547. The fourth-order valence-corrected chi connectivity index (χ4v) is 1.88. The number of fused-ring (bicyclic) bond motifs is 1. The van der Waals surface area contributed by atoms with Crippen LogP contribution >= 0.6 is 15.9 Å². The largest absolute Gasteiger partial charge is 0.586 e. The van der Waals surface area contributed by atoms with Crippen LogP contribution in [-0.4, -0.2) is 16.3 Å². The Hall–Kier alpha value is -1.96. The van der Waals surface area contributed by atoms with Crippen molar-refractivity contribution < 1.29 is 18.3 Å². The Morgan fingerprint density at radius 2 is 1.89 bits per heavy atom. The zero-order valence-electron chi connectivity index (χ0n) is 9.23. The number of benzene rings is 1. The molecule has 0 bridgehead atoms. The van der Waals surface area contributed by atoms with Crippen molar-refractivity contribution in [3.8, 4) is 11.5 Å². The van der Waals surface area contributed by atoms with Crippen LogP contribution in [0.15, 0.2) is 35.2 Å². The summed E-state index contributed by atoms with van der Waals surface area (Å²) in [6.07, 6.45) is -2.24. The minimum atomic E-state index is -3.61. The molecular formula is C11H6BrF2N3O2. The molecule has 0 fully saturated rings. The maximum absolute atomic E-state index is 12.9. The van der Waals surface area contributed by atoms with E-state index in [1.54, 1.807) is 12.1 Å². The van der Waals surface area contributed by atoms with Crippen molar-refractivity contribution in [1.29, 1.82) is 0 Å². The van der Waals surface area contributed by atoms with Crippen molar-refractivity contribution in [2.75, 3.05) is 5.32 Å².